The van der Waals surface area contributed by atoms with Crippen LogP contribution in [0, 0.1) is 17.5 Å². The number of halogens is 3. The van der Waals surface area contributed by atoms with Crippen LogP contribution in [0.15, 0.2) is 54.6 Å². The zero-order valence-corrected chi connectivity index (χ0v) is 16.5. The predicted octanol–water partition coefficient (Wildman–Crippen LogP) is 6.70. The minimum Gasteiger partial charge on any atom is -0.494 e. The Morgan fingerprint density at radius 1 is 0.724 bits per heavy atom. The molecule has 0 amide bonds. The molecule has 0 aliphatic heterocycles. The molecule has 0 unspecified atom stereocenters. The van der Waals surface area contributed by atoms with Crippen molar-refractivity contribution in [3.63, 3.8) is 0 Å². The smallest absolute Gasteiger partial charge is 0.165 e. The predicted molar refractivity (Wildman–Crippen MR) is 108 cm³/mol. The lowest BCUT2D eigenvalue weighted by molar-refractivity contribution is 0.297. The molecule has 0 atom stereocenters. The van der Waals surface area contributed by atoms with Gasteiger partial charge < -0.3 is 9.47 Å². The molecule has 0 heterocycles. The molecule has 152 valence electrons. The van der Waals surface area contributed by atoms with Gasteiger partial charge in [0.2, 0.25) is 0 Å². The van der Waals surface area contributed by atoms with Crippen LogP contribution >= 0.6 is 0 Å². The molecule has 29 heavy (non-hydrogen) atoms. The van der Waals surface area contributed by atoms with E-state index in [1.807, 2.05) is 13.8 Å². The first-order valence-corrected chi connectivity index (χ1v) is 9.64. The first-order valence-electron chi connectivity index (χ1n) is 9.64. The second kappa shape index (κ2) is 9.50. The Morgan fingerprint density at radius 3 is 2.03 bits per heavy atom. The molecule has 0 aliphatic carbocycles. The van der Waals surface area contributed by atoms with Gasteiger partial charge in [0, 0.05) is 17.2 Å². The molecule has 3 rings (SSSR count). The Hall–Kier alpha value is -2.95. The van der Waals surface area contributed by atoms with Gasteiger partial charge in [-0.05, 0) is 48.7 Å². The van der Waals surface area contributed by atoms with Crippen molar-refractivity contribution in [2.24, 2.45) is 0 Å². The summed E-state index contributed by atoms with van der Waals surface area (Å²) in [5, 5.41) is 0. The second-order valence-corrected chi connectivity index (χ2v) is 6.65. The summed E-state index contributed by atoms with van der Waals surface area (Å²) in [6, 6.07) is 14.6. The van der Waals surface area contributed by atoms with Gasteiger partial charge in [0.05, 0.1) is 6.61 Å². The summed E-state index contributed by atoms with van der Waals surface area (Å²) < 4.78 is 53.4. The maximum Gasteiger partial charge on any atom is 0.165 e. The average molecular weight is 400 g/mol. The van der Waals surface area contributed by atoms with Gasteiger partial charge in [0.1, 0.15) is 23.9 Å². The maximum absolute atomic E-state index is 14.3. The van der Waals surface area contributed by atoms with Crippen molar-refractivity contribution < 1.29 is 22.6 Å². The van der Waals surface area contributed by atoms with Crippen LogP contribution < -0.4 is 9.47 Å². The molecular weight excluding hydrogens is 377 g/mol. The highest BCUT2D eigenvalue weighted by atomic mass is 19.2. The third kappa shape index (κ3) is 4.91. The number of rotatable bonds is 8. The van der Waals surface area contributed by atoms with Crippen LogP contribution in [0.3, 0.4) is 0 Å². The molecule has 3 aromatic carbocycles. The molecule has 0 radical (unpaired) electrons. The average Bonchev–Trinajstić information content (AvgIpc) is 2.72. The summed E-state index contributed by atoms with van der Waals surface area (Å²) in [5.74, 6) is -1.10. The molecule has 0 aromatic heterocycles. The molecule has 0 spiro atoms. The summed E-state index contributed by atoms with van der Waals surface area (Å²) in [4.78, 5) is 0. The van der Waals surface area contributed by atoms with Gasteiger partial charge in [-0.25, -0.2) is 13.2 Å². The Morgan fingerprint density at radius 2 is 1.38 bits per heavy atom. The Labute approximate surface area is 168 Å². The van der Waals surface area contributed by atoms with Gasteiger partial charge in [0.25, 0.3) is 0 Å². The van der Waals surface area contributed by atoms with E-state index in [1.165, 1.54) is 6.07 Å². The zero-order chi connectivity index (χ0) is 20.8. The summed E-state index contributed by atoms with van der Waals surface area (Å²) in [6.45, 7) is 4.13. The Kier molecular flexibility index (Phi) is 6.81. The first kappa shape index (κ1) is 20.8. The fourth-order valence-corrected chi connectivity index (χ4v) is 3.08. The largest absolute Gasteiger partial charge is 0.494 e. The molecule has 0 aliphatic rings. The molecule has 0 saturated carbocycles. The van der Waals surface area contributed by atoms with Gasteiger partial charge in [-0.3, -0.25) is 0 Å². The minimum atomic E-state index is -0.871. The lowest BCUT2D eigenvalue weighted by atomic mass is 10.0. The number of aryl methyl sites for hydroxylation is 1. The second-order valence-electron chi connectivity index (χ2n) is 6.65. The van der Waals surface area contributed by atoms with E-state index in [4.69, 9.17) is 9.47 Å². The van der Waals surface area contributed by atoms with Gasteiger partial charge >= 0.3 is 0 Å². The summed E-state index contributed by atoms with van der Waals surface area (Å²) in [5.41, 5.74) is 1.65. The molecular formula is C24H23F3O2. The molecule has 5 heteroatoms. The van der Waals surface area contributed by atoms with Crippen molar-refractivity contribution in [2.45, 2.75) is 33.3 Å². The highest BCUT2D eigenvalue weighted by molar-refractivity contribution is 5.65. The summed E-state index contributed by atoms with van der Waals surface area (Å²) >= 11 is 0. The van der Waals surface area contributed by atoms with E-state index in [1.54, 1.807) is 48.5 Å². The van der Waals surface area contributed by atoms with Crippen LogP contribution in [0.1, 0.15) is 31.4 Å². The highest BCUT2D eigenvalue weighted by Crippen LogP contribution is 2.28. The molecule has 2 nitrogen and oxygen atoms in total. The molecule has 0 fully saturated rings. The number of benzene rings is 3. The van der Waals surface area contributed by atoms with E-state index in [2.05, 4.69) is 0 Å². The van der Waals surface area contributed by atoms with Crippen molar-refractivity contribution >= 4 is 0 Å². The fraction of sp³-hybridized carbons (Fsp3) is 0.250. The van der Waals surface area contributed by atoms with Gasteiger partial charge in [-0.15, -0.1) is 0 Å². The van der Waals surface area contributed by atoms with E-state index in [-0.39, 0.29) is 18.0 Å². The Bertz CT molecular complexity index is 969. The molecule has 3 aromatic rings. The first-order chi connectivity index (χ1) is 14.0. The zero-order valence-electron chi connectivity index (χ0n) is 16.5. The lowest BCUT2D eigenvalue weighted by Gasteiger charge is -2.11. The van der Waals surface area contributed by atoms with Gasteiger partial charge in [-0.1, -0.05) is 37.6 Å². The number of ether oxygens (including phenoxy) is 2. The van der Waals surface area contributed by atoms with E-state index in [9.17, 15) is 13.2 Å². The van der Waals surface area contributed by atoms with Crippen LogP contribution in [0.25, 0.3) is 11.1 Å². The van der Waals surface area contributed by atoms with Gasteiger partial charge in [-0.2, -0.15) is 0 Å². The fourth-order valence-electron chi connectivity index (χ4n) is 3.08. The lowest BCUT2D eigenvalue weighted by Crippen LogP contribution is -2.03. The molecule has 0 N–H and O–H groups in total. The van der Waals surface area contributed by atoms with Gasteiger partial charge in [0.15, 0.2) is 11.6 Å². The number of hydrogen-bond acceptors (Lipinski definition) is 2. The van der Waals surface area contributed by atoms with Crippen molar-refractivity contribution in [2.75, 3.05) is 6.61 Å². The topological polar surface area (TPSA) is 18.5 Å². The highest BCUT2D eigenvalue weighted by Gasteiger charge is 2.13. The Balaban J connectivity index is 1.69. The van der Waals surface area contributed by atoms with Crippen molar-refractivity contribution in [1.29, 1.82) is 0 Å². The summed E-state index contributed by atoms with van der Waals surface area (Å²) in [7, 11) is 0. The van der Waals surface area contributed by atoms with E-state index < -0.39 is 11.6 Å². The SMILES string of the molecule is CCCc1ccc(COc2ccc(-c3ccc(OCC)cc3F)cc2)c(F)c1F. The minimum absolute atomic E-state index is 0.0913. The van der Waals surface area contributed by atoms with Crippen LogP contribution in [-0.4, -0.2) is 6.61 Å². The van der Waals surface area contributed by atoms with E-state index in [0.29, 0.717) is 41.2 Å². The third-order valence-electron chi connectivity index (χ3n) is 4.57. The van der Waals surface area contributed by atoms with Crippen molar-refractivity contribution in [1.82, 2.24) is 0 Å². The van der Waals surface area contributed by atoms with Crippen molar-refractivity contribution in [3.8, 4) is 22.6 Å². The normalized spacial score (nSPS) is 10.8. The van der Waals surface area contributed by atoms with E-state index in [0.717, 1.165) is 6.42 Å². The quantitative estimate of drug-likeness (QED) is 0.419. The van der Waals surface area contributed by atoms with Crippen LogP contribution in [-0.2, 0) is 13.0 Å². The standard InChI is InChI=1S/C24H23F3O2/c1-3-5-17-6-7-18(24(27)23(17)26)15-29-19-10-8-16(9-11-19)21-13-12-20(28-4-2)14-22(21)25/h6-14H,3-5,15H2,1-2H3. The van der Waals surface area contributed by atoms with Crippen molar-refractivity contribution in [3.05, 3.63) is 83.2 Å². The van der Waals surface area contributed by atoms with E-state index >= 15 is 0 Å². The number of hydrogen-bond donors (Lipinski definition) is 0. The van der Waals surface area contributed by atoms with Crippen LogP contribution in [0.5, 0.6) is 11.5 Å². The maximum atomic E-state index is 14.3. The molecule has 0 bridgehead atoms. The van der Waals surface area contributed by atoms with Crippen LogP contribution in [0.2, 0.25) is 0 Å². The summed E-state index contributed by atoms with van der Waals surface area (Å²) in [6.07, 6.45) is 1.24. The third-order valence-corrected chi connectivity index (χ3v) is 4.57. The molecule has 0 saturated heterocycles. The monoisotopic (exact) mass is 400 g/mol. The van der Waals surface area contributed by atoms with Crippen LogP contribution in [0.4, 0.5) is 13.2 Å².